The normalized spacial score (nSPS) is 17.1. The molecule has 1 atom stereocenters. The monoisotopic (exact) mass is 399 g/mol. The predicted octanol–water partition coefficient (Wildman–Crippen LogP) is 2.61. The highest BCUT2D eigenvalue weighted by Gasteiger charge is 2.31. The lowest BCUT2D eigenvalue weighted by Gasteiger charge is -2.19. The van der Waals surface area contributed by atoms with E-state index in [0.717, 1.165) is 30.7 Å². The van der Waals surface area contributed by atoms with Crippen LogP contribution >= 0.6 is 0 Å². The predicted molar refractivity (Wildman–Crippen MR) is 105 cm³/mol. The molecular formula is C20H25N5O4. The average Bonchev–Trinajstić information content (AvgIpc) is 3.49. The van der Waals surface area contributed by atoms with Gasteiger partial charge in [0.25, 0.3) is 0 Å². The molecule has 0 aromatic carbocycles. The van der Waals surface area contributed by atoms with Crippen LogP contribution in [-0.2, 0) is 17.9 Å². The van der Waals surface area contributed by atoms with Crippen LogP contribution in [-0.4, -0.2) is 51.9 Å². The highest BCUT2D eigenvalue weighted by Crippen LogP contribution is 2.34. The number of likely N-dealkylation sites (tertiary alicyclic amines) is 1. The van der Waals surface area contributed by atoms with Crippen molar-refractivity contribution < 1.29 is 18.8 Å². The molecule has 9 nitrogen and oxygen atoms in total. The molecule has 1 saturated heterocycles. The molecule has 1 aliphatic rings. The molecule has 0 spiro atoms. The highest BCUT2D eigenvalue weighted by molar-refractivity contribution is 5.69. The fourth-order valence-electron chi connectivity index (χ4n) is 3.57. The smallest absolute Gasteiger partial charge is 0.244 e. The number of nitrogens with one attached hydrogen (secondary N) is 1. The van der Waals surface area contributed by atoms with Crippen LogP contribution < -0.4 is 5.32 Å². The Morgan fingerprint density at radius 1 is 1.31 bits per heavy atom. The van der Waals surface area contributed by atoms with Crippen LogP contribution in [0.3, 0.4) is 0 Å². The summed E-state index contributed by atoms with van der Waals surface area (Å²) < 4.78 is 16.3. The summed E-state index contributed by atoms with van der Waals surface area (Å²) in [5, 5.41) is 16.6. The number of aliphatic hydroxyl groups is 1. The molecule has 0 unspecified atom stereocenters. The number of ether oxygens (including phenoxy) is 1. The molecule has 3 aromatic heterocycles. The maximum absolute atomic E-state index is 9.19. The molecule has 0 radical (unpaired) electrons. The molecule has 9 heteroatoms. The fraction of sp³-hybridized carbons (Fsp3) is 0.450. The zero-order valence-corrected chi connectivity index (χ0v) is 16.4. The average molecular weight is 399 g/mol. The molecular weight excluding hydrogens is 374 g/mol. The van der Waals surface area contributed by atoms with E-state index in [1.54, 1.807) is 19.4 Å². The molecule has 1 aliphatic heterocycles. The lowest BCUT2D eigenvalue weighted by atomic mass is 10.2. The Morgan fingerprint density at radius 3 is 3.03 bits per heavy atom. The number of anilines is 1. The first kappa shape index (κ1) is 19.6. The SMILES string of the molecule is COCCNc1ncccc1-c1noc([C@H]2CCCN2Cc2ccc(CO)o2)n1. The molecule has 1 fully saturated rings. The maximum atomic E-state index is 9.19. The summed E-state index contributed by atoms with van der Waals surface area (Å²) in [6, 6.07) is 7.51. The number of aromatic nitrogens is 3. The van der Waals surface area contributed by atoms with Crippen molar-refractivity contribution in [1.82, 2.24) is 20.0 Å². The largest absolute Gasteiger partial charge is 0.462 e. The summed E-state index contributed by atoms with van der Waals surface area (Å²) in [7, 11) is 1.66. The van der Waals surface area contributed by atoms with Crippen molar-refractivity contribution in [2.45, 2.75) is 32.0 Å². The van der Waals surface area contributed by atoms with Crippen LogP contribution in [0.5, 0.6) is 0 Å². The second-order valence-electron chi connectivity index (χ2n) is 6.93. The molecule has 0 bridgehead atoms. The van der Waals surface area contributed by atoms with Gasteiger partial charge in [0.1, 0.15) is 23.9 Å². The van der Waals surface area contributed by atoms with E-state index < -0.39 is 0 Å². The van der Waals surface area contributed by atoms with Gasteiger partial charge in [0, 0.05) is 19.9 Å². The van der Waals surface area contributed by atoms with Gasteiger partial charge in [-0.3, -0.25) is 4.90 Å². The van der Waals surface area contributed by atoms with Crippen LogP contribution in [0.1, 0.15) is 36.3 Å². The third-order valence-electron chi connectivity index (χ3n) is 4.97. The van der Waals surface area contributed by atoms with Crippen LogP contribution in [0.4, 0.5) is 5.82 Å². The van der Waals surface area contributed by atoms with Crippen LogP contribution in [0.15, 0.2) is 39.4 Å². The summed E-state index contributed by atoms with van der Waals surface area (Å²) in [5.41, 5.74) is 0.793. The van der Waals surface area contributed by atoms with Gasteiger partial charge < -0.3 is 24.1 Å². The van der Waals surface area contributed by atoms with E-state index in [9.17, 15) is 5.11 Å². The lowest BCUT2D eigenvalue weighted by molar-refractivity contribution is 0.182. The Bertz CT molecular complexity index is 925. The zero-order chi connectivity index (χ0) is 20.1. The highest BCUT2D eigenvalue weighted by atomic mass is 16.5. The number of rotatable bonds is 9. The minimum Gasteiger partial charge on any atom is -0.462 e. The number of methoxy groups -OCH3 is 1. The van der Waals surface area contributed by atoms with E-state index in [1.807, 2.05) is 18.2 Å². The van der Waals surface area contributed by atoms with E-state index in [0.29, 0.717) is 43.0 Å². The number of furan rings is 1. The van der Waals surface area contributed by atoms with Crippen molar-refractivity contribution in [3.63, 3.8) is 0 Å². The molecule has 0 amide bonds. The molecule has 154 valence electrons. The molecule has 2 N–H and O–H groups in total. The van der Waals surface area contributed by atoms with Gasteiger partial charge in [0.2, 0.25) is 11.7 Å². The Morgan fingerprint density at radius 2 is 2.21 bits per heavy atom. The Hall–Kier alpha value is -2.75. The van der Waals surface area contributed by atoms with E-state index in [1.165, 1.54) is 0 Å². The van der Waals surface area contributed by atoms with Crippen LogP contribution in [0.25, 0.3) is 11.4 Å². The molecule has 4 heterocycles. The Labute approximate surface area is 168 Å². The number of nitrogens with zero attached hydrogens (tertiary/aromatic N) is 4. The number of hydrogen-bond acceptors (Lipinski definition) is 9. The van der Waals surface area contributed by atoms with E-state index in [2.05, 4.69) is 25.3 Å². The third-order valence-corrected chi connectivity index (χ3v) is 4.97. The zero-order valence-electron chi connectivity index (χ0n) is 16.4. The first-order valence-corrected chi connectivity index (χ1v) is 9.72. The minimum absolute atomic E-state index is 0.0421. The number of hydrogen-bond donors (Lipinski definition) is 2. The number of pyridine rings is 1. The number of aliphatic hydroxyl groups excluding tert-OH is 1. The van der Waals surface area contributed by atoms with Gasteiger partial charge in [0.05, 0.1) is 24.8 Å². The quantitative estimate of drug-likeness (QED) is 0.525. The van der Waals surface area contributed by atoms with E-state index in [-0.39, 0.29) is 12.6 Å². The molecule has 0 saturated carbocycles. The van der Waals surface area contributed by atoms with Crippen LogP contribution in [0, 0.1) is 0 Å². The summed E-state index contributed by atoms with van der Waals surface area (Å²) in [6.45, 7) is 2.69. The molecule has 0 aliphatic carbocycles. The fourth-order valence-corrected chi connectivity index (χ4v) is 3.57. The second kappa shape index (κ2) is 9.17. The molecule has 29 heavy (non-hydrogen) atoms. The maximum Gasteiger partial charge on any atom is 0.244 e. The minimum atomic E-state index is -0.0949. The van der Waals surface area contributed by atoms with Crippen molar-refractivity contribution in [3.8, 4) is 11.4 Å². The standard InChI is InChI=1S/C20H25N5O4/c1-27-11-9-22-18-16(4-2-8-21-18)19-23-20(29-24-19)17-5-3-10-25(17)12-14-6-7-15(13-26)28-14/h2,4,6-8,17,26H,3,5,9-13H2,1H3,(H,21,22)/t17-/m1/s1. The van der Waals surface area contributed by atoms with Crippen molar-refractivity contribution in [2.24, 2.45) is 0 Å². The second-order valence-corrected chi connectivity index (χ2v) is 6.93. The third kappa shape index (κ3) is 4.47. The van der Waals surface area contributed by atoms with Crippen molar-refractivity contribution in [2.75, 3.05) is 32.1 Å². The first-order chi connectivity index (χ1) is 14.3. The van der Waals surface area contributed by atoms with Gasteiger partial charge in [-0.05, 0) is 43.7 Å². The van der Waals surface area contributed by atoms with E-state index >= 15 is 0 Å². The van der Waals surface area contributed by atoms with Crippen molar-refractivity contribution >= 4 is 5.82 Å². The van der Waals surface area contributed by atoms with Crippen molar-refractivity contribution in [3.05, 3.63) is 47.9 Å². The van der Waals surface area contributed by atoms with Gasteiger partial charge in [-0.1, -0.05) is 5.16 Å². The summed E-state index contributed by atoms with van der Waals surface area (Å²) >= 11 is 0. The van der Waals surface area contributed by atoms with Gasteiger partial charge in [0.15, 0.2) is 0 Å². The Balaban J connectivity index is 1.49. The van der Waals surface area contributed by atoms with Gasteiger partial charge >= 0.3 is 0 Å². The molecule has 4 rings (SSSR count). The van der Waals surface area contributed by atoms with E-state index in [4.69, 9.17) is 13.7 Å². The van der Waals surface area contributed by atoms with Gasteiger partial charge in [-0.2, -0.15) is 4.98 Å². The summed E-state index contributed by atoms with van der Waals surface area (Å²) in [4.78, 5) is 11.3. The van der Waals surface area contributed by atoms with Gasteiger partial charge in [-0.15, -0.1) is 0 Å². The van der Waals surface area contributed by atoms with Gasteiger partial charge in [-0.25, -0.2) is 4.98 Å². The molecule has 3 aromatic rings. The first-order valence-electron chi connectivity index (χ1n) is 9.72. The Kier molecular flexibility index (Phi) is 6.18. The summed E-state index contributed by atoms with van der Waals surface area (Å²) in [5.74, 6) is 3.20. The topological polar surface area (TPSA) is 110 Å². The summed E-state index contributed by atoms with van der Waals surface area (Å²) in [6.07, 6.45) is 3.72. The lowest BCUT2D eigenvalue weighted by Crippen LogP contribution is -2.22. The van der Waals surface area contributed by atoms with Crippen LogP contribution in [0.2, 0.25) is 0 Å². The van der Waals surface area contributed by atoms with Crippen molar-refractivity contribution in [1.29, 1.82) is 0 Å².